The van der Waals surface area contributed by atoms with Gasteiger partial charge in [-0.3, -0.25) is 14.4 Å². The van der Waals surface area contributed by atoms with E-state index in [4.69, 9.17) is 4.74 Å². The highest BCUT2D eigenvalue weighted by molar-refractivity contribution is 5.99. The molecule has 0 unspecified atom stereocenters. The number of amides is 3. The van der Waals surface area contributed by atoms with Crippen LogP contribution in [0.2, 0.25) is 0 Å². The Labute approximate surface area is 213 Å². The summed E-state index contributed by atoms with van der Waals surface area (Å²) in [6.07, 6.45) is 6.69. The van der Waals surface area contributed by atoms with Gasteiger partial charge in [0.1, 0.15) is 17.0 Å². The topological polar surface area (TPSA) is 101 Å². The fourth-order valence-electron chi connectivity index (χ4n) is 5.46. The monoisotopic (exact) mass is 500 g/mol. The number of nitrogens with one attached hydrogen (secondary N) is 1. The first kappa shape index (κ1) is 23.1. The lowest BCUT2D eigenvalue weighted by molar-refractivity contribution is -0.132. The van der Waals surface area contributed by atoms with Crippen LogP contribution >= 0.6 is 0 Å². The van der Waals surface area contributed by atoms with E-state index in [0.29, 0.717) is 42.3 Å². The summed E-state index contributed by atoms with van der Waals surface area (Å²) in [5.41, 5.74) is 4.37. The minimum absolute atomic E-state index is 0.0661. The maximum Gasteiger partial charge on any atom is 0.268 e. The first-order valence-electron chi connectivity index (χ1n) is 12.4. The van der Waals surface area contributed by atoms with Gasteiger partial charge in [0.15, 0.2) is 5.75 Å². The van der Waals surface area contributed by atoms with Crippen molar-refractivity contribution in [1.82, 2.24) is 29.1 Å². The zero-order valence-corrected chi connectivity index (χ0v) is 21.0. The molecule has 0 aromatic carbocycles. The number of ether oxygens (including phenoxy) is 1. The zero-order chi connectivity index (χ0) is 25.8. The normalized spacial score (nSPS) is 16.0. The SMILES string of the molecule is CNC(=O)c1c(C)cc2cc(Oc3ccnn4cc(C(=O)N5CC(N6CCCC6=O)C5)c(C)c34)ccn12. The summed E-state index contributed by atoms with van der Waals surface area (Å²) in [6, 6.07) is 7.51. The van der Waals surface area contributed by atoms with Gasteiger partial charge in [0.25, 0.3) is 11.8 Å². The zero-order valence-electron chi connectivity index (χ0n) is 21.0. The van der Waals surface area contributed by atoms with E-state index in [9.17, 15) is 14.4 Å². The molecule has 3 amide bonds. The van der Waals surface area contributed by atoms with E-state index in [-0.39, 0.29) is 23.8 Å². The van der Waals surface area contributed by atoms with Crippen molar-refractivity contribution in [3.63, 3.8) is 0 Å². The molecule has 10 heteroatoms. The van der Waals surface area contributed by atoms with Gasteiger partial charge in [0, 0.05) is 63.1 Å². The minimum atomic E-state index is -0.149. The lowest BCUT2D eigenvalue weighted by Gasteiger charge is -2.43. The molecule has 0 bridgehead atoms. The highest BCUT2D eigenvalue weighted by Gasteiger charge is 2.39. The lowest BCUT2D eigenvalue weighted by atomic mass is 10.0. The molecule has 2 aliphatic rings. The Hall–Kier alpha value is -4.34. The summed E-state index contributed by atoms with van der Waals surface area (Å²) in [7, 11) is 1.61. The van der Waals surface area contributed by atoms with Crippen molar-refractivity contribution < 1.29 is 19.1 Å². The van der Waals surface area contributed by atoms with Crippen LogP contribution < -0.4 is 10.1 Å². The summed E-state index contributed by atoms with van der Waals surface area (Å²) in [5, 5.41) is 7.07. The Bertz CT molecular complexity index is 1580. The molecule has 6 heterocycles. The third-order valence-electron chi connectivity index (χ3n) is 7.43. The molecule has 2 fully saturated rings. The molecule has 2 saturated heterocycles. The second kappa shape index (κ2) is 8.65. The van der Waals surface area contributed by atoms with Crippen LogP contribution in [0.1, 0.15) is 44.8 Å². The first-order valence-corrected chi connectivity index (χ1v) is 12.4. The van der Waals surface area contributed by atoms with Gasteiger partial charge >= 0.3 is 0 Å². The van der Waals surface area contributed by atoms with E-state index in [0.717, 1.165) is 35.1 Å². The van der Waals surface area contributed by atoms with Crippen LogP contribution in [0.5, 0.6) is 11.5 Å². The van der Waals surface area contributed by atoms with Gasteiger partial charge in [0.2, 0.25) is 5.91 Å². The van der Waals surface area contributed by atoms with Gasteiger partial charge in [-0.15, -0.1) is 0 Å². The molecular weight excluding hydrogens is 472 g/mol. The first-order chi connectivity index (χ1) is 17.9. The second-order valence-electron chi connectivity index (χ2n) is 9.73. The highest BCUT2D eigenvalue weighted by atomic mass is 16.5. The Morgan fingerprint density at radius 1 is 1.16 bits per heavy atom. The van der Waals surface area contributed by atoms with Crippen LogP contribution in [0.15, 0.2) is 42.9 Å². The van der Waals surface area contributed by atoms with Crippen molar-refractivity contribution >= 4 is 28.8 Å². The van der Waals surface area contributed by atoms with Crippen LogP contribution in [-0.2, 0) is 4.79 Å². The number of likely N-dealkylation sites (tertiary alicyclic amines) is 2. The third-order valence-corrected chi connectivity index (χ3v) is 7.43. The summed E-state index contributed by atoms with van der Waals surface area (Å²) in [4.78, 5) is 41.3. The molecule has 0 spiro atoms. The third kappa shape index (κ3) is 3.71. The van der Waals surface area contributed by atoms with Crippen molar-refractivity contribution in [2.75, 3.05) is 26.7 Å². The number of nitrogens with zero attached hydrogens (tertiary/aromatic N) is 5. The second-order valence-corrected chi connectivity index (χ2v) is 9.73. The largest absolute Gasteiger partial charge is 0.455 e. The van der Waals surface area contributed by atoms with Crippen molar-refractivity contribution in [3.05, 3.63) is 65.2 Å². The van der Waals surface area contributed by atoms with E-state index < -0.39 is 0 Å². The standard InChI is InChI=1S/C27H28N6O4/c1-16-11-18-12-20(7-10-32(18)24(16)26(35)28-3)37-22-6-8-29-33-15-21(17(2)25(22)33)27(36)30-13-19(14-30)31-9-4-5-23(31)34/h6-8,10-12,15,19H,4-5,9,13-14H2,1-3H3,(H,28,35). The van der Waals surface area contributed by atoms with E-state index in [1.54, 1.807) is 41.0 Å². The molecule has 4 aromatic rings. The molecule has 0 radical (unpaired) electrons. The lowest BCUT2D eigenvalue weighted by Crippen LogP contribution is -2.61. The summed E-state index contributed by atoms with van der Waals surface area (Å²) in [6.45, 7) is 5.69. The summed E-state index contributed by atoms with van der Waals surface area (Å²) >= 11 is 0. The van der Waals surface area contributed by atoms with E-state index in [1.807, 2.05) is 41.5 Å². The van der Waals surface area contributed by atoms with Crippen molar-refractivity contribution in [3.8, 4) is 11.5 Å². The van der Waals surface area contributed by atoms with Gasteiger partial charge in [-0.1, -0.05) is 0 Å². The van der Waals surface area contributed by atoms with Gasteiger partial charge in [-0.25, -0.2) is 4.52 Å². The average Bonchev–Trinajstić information content (AvgIpc) is 3.52. The van der Waals surface area contributed by atoms with Crippen LogP contribution in [0.25, 0.3) is 11.0 Å². The number of hydrogen-bond acceptors (Lipinski definition) is 5. The fourth-order valence-corrected chi connectivity index (χ4v) is 5.46. The molecule has 1 N–H and O–H groups in total. The van der Waals surface area contributed by atoms with Crippen molar-refractivity contribution in [1.29, 1.82) is 0 Å². The number of rotatable bonds is 5. The Kier molecular flexibility index (Phi) is 5.40. The smallest absolute Gasteiger partial charge is 0.268 e. The van der Waals surface area contributed by atoms with Gasteiger partial charge in [-0.05, 0) is 43.5 Å². The molecule has 37 heavy (non-hydrogen) atoms. The predicted octanol–water partition coefficient (Wildman–Crippen LogP) is 2.80. The molecule has 0 aliphatic carbocycles. The molecular formula is C27H28N6O4. The van der Waals surface area contributed by atoms with Crippen LogP contribution in [0.3, 0.4) is 0 Å². The maximum absolute atomic E-state index is 13.3. The van der Waals surface area contributed by atoms with E-state index in [2.05, 4.69) is 10.4 Å². The number of carbonyl (C=O) groups excluding carboxylic acids is 3. The molecule has 190 valence electrons. The minimum Gasteiger partial charge on any atom is -0.455 e. The Balaban J connectivity index is 1.26. The van der Waals surface area contributed by atoms with Gasteiger partial charge in [0.05, 0.1) is 17.8 Å². The number of aromatic nitrogens is 3. The van der Waals surface area contributed by atoms with Crippen molar-refractivity contribution in [2.24, 2.45) is 0 Å². The predicted molar refractivity (Wildman–Crippen MR) is 136 cm³/mol. The maximum atomic E-state index is 13.3. The molecule has 10 nitrogen and oxygen atoms in total. The number of hydrogen-bond donors (Lipinski definition) is 1. The molecule has 0 atom stereocenters. The fraction of sp³-hybridized carbons (Fsp3) is 0.333. The number of fused-ring (bicyclic) bond motifs is 2. The Morgan fingerprint density at radius 3 is 2.70 bits per heavy atom. The van der Waals surface area contributed by atoms with Crippen molar-refractivity contribution in [2.45, 2.75) is 32.7 Å². The molecule has 2 aliphatic heterocycles. The van der Waals surface area contributed by atoms with E-state index in [1.165, 1.54) is 0 Å². The van der Waals surface area contributed by atoms with Gasteiger partial charge in [-0.2, -0.15) is 5.10 Å². The highest BCUT2D eigenvalue weighted by Crippen LogP contribution is 2.32. The molecule has 4 aromatic heterocycles. The van der Waals surface area contributed by atoms with Gasteiger partial charge < -0.3 is 24.3 Å². The quantitative estimate of drug-likeness (QED) is 0.454. The average molecular weight is 501 g/mol. The molecule has 6 rings (SSSR count). The number of carbonyl (C=O) groups is 3. The summed E-state index contributed by atoms with van der Waals surface area (Å²) in [5.74, 6) is 1.16. The van der Waals surface area contributed by atoms with Crippen LogP contribution in [-0.4, -0.2) is 74.3 Å². The van der Waals surface area contributed by atoms with Crippen LogP contribution in [0, 0.1) is 13.8 Å². The number of aryl methyl sites for hydroxylation is 2. The Morgan fingerprint density at radius 2 is 1.97 bits per heavy atom. The molecule has 0 saturated carbocycles. The summed E-state index contributed by atoms with van der Waals surface area (Å²) < 4.78 is 9.76. The van der Waals surface area contributed by atoms with Crippen LogP contribution in [0.4, 0.5) is 0 Å². The van der Waals surface area contributed by atoms with E-state index >= 15 is 0 Å². The number of pyridine rings is 1.